The molecule has 168 valence electrons. The highest BCUT2D eigenvalue weighted by Gasteiger charge is 2.40. The zero-order chi connectivity index (χ0) is 21.9. The van der Waals surface area contributed by atoms with Crippen molar-refractivity contribution in [1.29, 1.82) is 0 Å². The molecule has 3 N–H and O–H groups in total. The number of nitrogens with zero attached hydrogens (tertiary/aromatic N) is 1. The largest absolute Gasteiger partial charge is 0.462 e. The van der Waals surface area contributed by atoms with Gasteiger partial charge in [-0.2, -0.15) is 0 Å². The Morgan fingerprint density at radius 2 is 2.10 bits per heavy atom. The predicted octanol–water partition coefficient (Wildman–Crippen LogP) is 0.784. The smallest absolute Gasteiger partial charge is 0.330 e. The molecule has 2 fully saturated rings. The van der Waals surface area contributed by atoms with Crippen molar-refractivity contribution in [3.05, 3.63) is 32.6 Å². The monoisotopic (exact) mass is 425 g/mol. The standard InChI is InChI=1S/C20H31N3O7/c1-20(2,3)18(25)28-11-14-13(30-16-6-4-5-7-27-16)8-15(29-14)23-10-12(9-21)17(24)22-19(23)26/h10,13-16H,4-9,11,21H2,1-3H3,(H,22,24,26)/t13-,14+,15+,16?/m0/s1. The minimum Gasteiger partial charge on any atom is -0.462 e. The number of nitrogens with one attached hydrogen (secondary N) is 1. The zero-order valence-electron chi connectivity index (χ0n) is 17.7. The molecule has 4 atom stereocenters. The molecule has 0 radical (unpaired) electrons. The van der Waals surface area contributed by atoms with Crippen LogP contribution >= 0.6 is 0 Å². The van der Waals surface area contributed by atoms with Crippen LogP contribution in [0.2, 0.25) is 0 Å². The fourth-order valence-electron chi connectivity index (χ4n) is 3.44. The molecule has 0 aromatic carbocycles. The van der Waals surface area contributed by atoms with Crippen LogP contribution in [0.1, 0.15) is 58.2 Å². The summed E-state index contributed by atoms with van der Waals surface area (Å²) in [6.07, 6.45) is 2.45. The first-order valence-corrected chi connectivity index (χ1v) is 10.3. The van der Waals surface area contributed by atoms with E-state index in [0.717, 1.165) is 19.3 Å². The number of carbonyl (C=O) groups excluding carboxylic acids is 1. The molecule has 1 aromatic rings. The van der Waals surface area contributed by atoms with E-state index in [9.17, 15) is 14.4 Å². The quantitative estimate of drug-likeness (QED) is 0.639. The Balaban J connectivity index is 1.77. The molecule has 0 aliphatic carbocycles. The lowest BCUT2D eigenvalue weighted by Gasteiger charge is -2.28. The molecule has 2 aliphatic heterocycles. The van der Waals surface area contributed by atoms with Crippen molar-refractivity contribution in [1.82, 2.24) is 9.55 Å². The minimum atomic E-state index is -0.688. The molecule has 1 unspecified atom stereocenters. The van der Waals surface area contributed by atoms with Crippen LogP contribution in [0.3, 0.4) is 0 Å². The van der Waals surface area contributed by atoms with Gasteiger partial charge in [-0.15, -0.1) is 0 Å². The lowest BCUT2D eigenvalue weighted by Crippen LogP contribution is -2.36. The van der Waals surface area contributed by atoms with E-state index in [0.29, 0.717) is 13.0 Å². The van der Waals surface area contributed by atoms with Gasteiger partial charge in [-0.05, 0) is 40.0 Å². The van der Waals surface area contributed by atoms with E-state index in [1.165, 1.54) is 10.8 Å². The Morgan fingerprint density at radius 3 is 2.73 bits per heavy atom. The van der Waals surface area contributed by atoms with Crippen molar-refractivity contribution in [2.24, 2.45) is 11.1 Å². The van der Waals surface area contributed by atoms with Gasteiger partial charge in [0, 0.05) is 31.3 Å². The summed E-state index contributed by atoms with van der Waals surface area (Å²) >= 11 is 0. The maximum absolute atomic E-state index is 12.3. The van der Waals surface area contributed by atoms with E-state index in [2.05, 4.69) is 4.98 Å². The van der Waals surface area contributed by atoms with Crippen molar-refractivity contribution in [3.8, 4) is 0 Å². The Morgan fingerprint density at radius 1 is 1.33 bits per heavy atom. The van der Waals surface area contributed by atoms with Gasteiger partial charge in [0.1, 0.15) is 18.9 Å². The summed E-state index contributed by atoms with van der Waals surface area (Å²) in [5.74, 6) is -0.353. The number of esters is 1. The van der Waals surface area contributed by atoms with E-state index >= 15 is 0 Å². The molecule has 0 amide bonds. The lowest BCUT2D eigenvalue weighted by atomic mass is 9.97. The molecule has 1 aromatic heterocycles. The van der Waals surface area contributed by atoms with Crippen molar-refractivity contribution in [2.75, 3.05) is 13.2 Å². The Kier molecular flexibility index (Phi) is 7.12. The maximum Gasteiger partial charge on any atom is 0.330 e. The number of H-pyrrole nitrogens is 1. The average molecular weight is 425 g/mol. The highest BCUT2D eigenvalue weighted by atomic mass is 16.7. The molecule has 0 spiro atoms. The normalized spacial score (nSPS) is 27.2. The molecular formula is C20H31N3O7. The van der Waals surface area contributed by atoms with Crippen LogP contribution in [0, 0.1) is 5.41 Å². The number of rotatable bonds is 6. The maximum atomic E-state index is 12.3. The second-order valence-corrected chi connectivity index (χ2v) is 8.71. The molecule has 3 rings (SSSR count). The van der Waals surface area contributed by atoms with Gasteiger partial charge in [-0.25, -0.2) is 4.79 Å². The van der Waals surface area contributed by atoms with Crippen LogP contribution in [0.25, 0.3) is 0 Å². The van der Waals surface area contributed by atoms with E-state index in [1.807, 2.05) is 0 Å². The summed E-state index contributed by atoms with van der Waals surface area (Å²) in [5, 5.41) is 0. The molecule has 10 heteroatoms. The fourth-order valence-corrected chi connectivity index (χ4v) is 3.44. The number of hydrogen-bond donors (Lipinski definition) is 2. The van der Waals surface area contributed by atoms with Gasteiger partial charge >= 0.3 is 11.7 Å². The number of carbonyl (C=O) groups is 1. The number of hydrogen-bond acceptors (Lipinski definition) is 8. The second kappa shape index (κ2) is 9.42. The molecule has 2 saturated heterocycles. The topological polar surface area (TPSA) is 135 Å². The first-order chi connectivity index (χ1) is 14.2. The second-order valence-electron chi connectivity index (χ2n) is 8.71. The molecule has 2 aliphatic rings. The van der Waals surface area contributed by atoms with Gasteiger partial charge in [-0.1, -0.05) is 0 Å². The summed E-state index contributed by atoms with van der Waals surface area (Å²) in [4.78, 5) is 38.6. The van der Waals surface area contributed by atoms with E-state index < -0.39 is 35.1 Å². The highest BCUT2D eigenvalue weighted by Crippen LogP contribution is 2.32. The molecule has 0 saturated carbocycles. The zero-order valence-corrected chi connectivity index (χ0v) is 17.7. The molecule has 0 bridgehead atoms. The van der Waals surface area contributed by atoms with Crippen molar-refractivity contribution in [2.45, 2.75) is 77.7 Å². The summed E-state index contributed by atoms with van der Waals surface area (Å²) in [6.45, 7) is 5.92. The van der Waals surface area contributed by atoms with Crippen LogP contribution in [0.15, 0.2) is 15.8 Å². The van der Waals surface area contributed by atoms with E-state index in [-0.39, 0.29) is 31.0 Å². The first kappa shape index (κ1) is 22.7. The van der Waals surface area contributed by atoms with Gasteiger partial charge in [0.15, 0.2) is 6.29 Å². The van der Waals surface area contributed by atoms with Crippen LogP contribution in [-0.2, 0) is 30.3 Å². The third kappa shape index (κ3) is 5.37. The number of aromatic nitrogens is 2. The van der Waals surface area contributed by atoms with Gasteiger partial charge in [0.25, 0.3) is 5.56 Å². The van der Waals surface area contributed by atoms with E-state index in [1.54, 1.807) is 20.8 Å². The molecular weight excluding hydrogens is 394 g/mol. The number of nitrogens with two attached hydrogens (primary N) is 1. The summed E-state index contributed by atoms with van der Waals surface area (Å²) < 4.78 is 24.5. The third-order valence-corrected chi connectivity index (χ3v) is 5.21. The minimum absolute atomic E-state index is 0.00810. The Hall–Kier alpha value is -2.01. The van der Waals surface area contributed by atoms with Crippen molar-refractivity contribution >= 4 is 5.97 Å². The molecule has 30 heavy (non-hydrogen) atoms. The van der Waals surface area contributed by atoms with Crippen LogP contribution in [0.5, 0.6) is 0 Å². The molecule has 10 nitrogen and oxygen atoms in total. The van der Waals surface area contributed by atoms with Crippen LogP contribution in [-0.4, -0.2) is 47.2 Å². The fraction of sp³-hybridized carbons (Fsp3) is 0.750. The summed E-state index contributed by atoms with van der Waals surface area (Å²) in [5.41, 5.74) is 4.11. The average Bonchev–Trinajstić information content (AvgIpc) is 3.08. The van der Waals surface area contributed by atoms with Crippen LogP contribution < -0.4 is 17.0 Å². The van der Waals surface area contributed by atoms with Gasteiger partial charge in [0.05, 0.1) is 11.5 Å². The number of ether oxygens (including phenoxy) is 4. The number of aromatic amines is 1. The van der Waals surface area contributed by atoms with Crippen LogP contribution in [0.4, 0.5) is 0 Å². The summed E-state index contributed by atoms with van der Waals surface area (Å²) in [7, 11) is 0. The SMILES string of the molecule is CC(C)(C)C(=O)OC[C@H]1O[C@@H](n2cc(CN)c(=O)[nH]c2=O)C[C@@H]1OC1CCCCO1. The first-order valence-electron chi connectivity index (χ1n) is 10.3. The highest BCUT2D eigenvalue weighted by molar-refractivity contribution is 5.75. The van der Waals surface area contributed by atoms with Gasteiger partial charge < -0.3 is 24.7 Å². The Labute approximate surface area is 174 Å². The lowest BCUT2D eigenvalue weighted by molar-refractivity contribution is -0.202. The summed E-state index contributed by atoms with van der Waals surface area (Å²) in [6, 6.07) is 0. The predicted molar refractivity (Wildman–Crippen MR) is 107 cm³/mol. The van der Waals surface area contributed by atoms with Gasteiger partial charge in [0.2, 0.25) is 0 Å². The van der Waals surface area contributed by atoms with Crippen molar-refractivity contribution < 1.29 is 23.7 Å². The molecule has 3 heterocycles. The van der Waals surface area contributed by atoms with Gasteiger partial charge in [-0.3, -0.25) is 19.1 Å². The third-order valence-electron chi connectivity index (χ3n) is 5.21. The van der Waals surface area contributed by atoms with Crippen molar-refractivity contribution in [3.63, 3.8) is 0 Å². The van der Waals surface area contributed by atoms with E-state index in [4.69, 9.17) is 24.7 Å². The Bertz CT molecular complexity index is 851.